The second kappa shape index (κ2) is 8.68. The van der Waals surface area contributed by atoms with Crippen LogP contribution in [-0.4, -0.2) is 12.6 Å². The molecule has 0 aliphatic heterocycles. The van der Waals surface area contributed by atoms with Crippen LogP contribution >= 0.6 is 15.9 Å². The summed E-state index contributed by atoms with van der Waals surface area (Å²) in [6.45, 7) is 7.36. The highest BCUT2D eigenvalue weighted by Gasteiger charge is 2.16. The highest BCUT2D eigenvalue weighted by Crippen LogP contribution is 2.34. The largest absolute Gasteiger partial charge is 0.493 e. The lowest BCUT2D eigenvalue weighted by molar-refractivity contribution is 0.279. The van der Waals surface area contributed by atoms with Crippen LogP contribution in [0.4, 0.5) is 4.39 Å². The Morgan fingerprint density at radius 2 is 1.84 bits per heavy atom. The third kappa shape index (κ3) is 5.44. The van der Waals surface area contributed by atoms with Gasteiger partial charge >= 0.3 is 0 Å². The van der Waals surface area contributed by atoms with Gasteiger partial charge in [-0.25, -0.2) is 4.39 Å². The summed E-state index contributed by atoms with van der Waals surface area (Å²) in [4.78, 5) is 0. The monoisotopic (exact) mass is 409 g/mol. The van der Waals surface area contributed by atoms with E-state index >= 15 is 0 Å². The van der Waals surface area contributed by atoms with Gasteiger partial charge in [0.05, 0.1) is 7.11 Å². The molecule has 0 saturated carbocycles. The predicted molar refractivity (Wildman–Crippen MR) is 103 cm³/mol. The Hall–Kier alpha value is -1.59. The highest BCUT2D eigenvalue weighted by molar-refractivity contribution is 9.10. The van der Waals surface area contributed by atoms with E-state index in [9.17, 15) is 4.39 Å². The highest BCUT2D eigenvalue weighted by atomic mass is 79.9. The first-order chi connectivity index (χ1) is 11.9. The molecule has 0 saturated heterocycles. The zero-order chi connectivity index (χ0) is 18.4. The van der Waals surface area contributed by atoms with Crippen LogP contribution in [-0.2, 0) is 13.2 Å². The summed E-state index contributed by atoms with van der Waals surface area (Å²) in [5, 5.41) is 3.53. The van der Waals surface area contributed by atoms with Crippen LogP contribution in [0.5, 0.6) is 11.5 Å². The fourth-order valence-electron chi connectivity index (χ4n) is 2.22. The van der Waals surface area contributed by atoms with Crippen LogP contribution in [0, 0.1) is 5.82 Å². The van der Waals surface area contributed by atoms with E-state index in [1.165, 1.54) is 6.07 Å². The standard InChI is InChI=1S/C20H25BrFNO2/c1-5-20(2,3)23-12-15-10-18(24-4)19(11-16(15)21)25-13-14-8-6-7-9-17(14)22/h6-11,23H,5,12-13H2,1-4H3. The third-order valence-electron chi connectivity index (χ3n) is 4.31. The number of hydrogen-bond acceptors (Lipinski definition) is 3. The molecule has 0 aromatic heterocycles. The molecule has 25 heavy (non-hydrogen) atoms. The lowest BCUT2D eigenvalue weighted by Gasteiger charge is -2.25. The van der Waals surface area contributed by atoms with Crippen LogP contribution in [0.2, 0.25) is 0 Å². The maximum Gasteiger partial charge on any atom is 0.162 e. The van der Waals surface area contributed by atoms with Gasteiger partial charge in [-0.15, -0.1) is 0 Å². The van der Waals surface area contributed by atoms with Crippen molar-refractivity contribution < 1.29 is 13.9 Å². The molecule has 0 bridgehead atoms. The van der Waals surface area contributed by atoms with Crippen LogP contribution < -0.4 is 14.8 Å². The molecule has 0 spiro atoms. The average Bonchev–Trinajstić information content (AvgIpc) is 2.60. The number of halogens is 2. The van der Waals surface area contributed by atoms with Crippen molar-refractivity contribution in [3.8, 4) is 11.5 Å². The maximum atomic E-state index is 13.7. The van der Waals surface area contributed by atoms with E-state index in [-0.39, 0.29) is 18.0 Å². The summed E-state index contributed by atoms with van der Waals surface area (Å²) in [5.41, 5.74) is 1.65. The Kier molecular flexibility index (Phi) is 6.85. The minimum absolute atomic E-state index is 0.0622. The molecule has 136 valence electrons. The summed E-state index contributed by atoms with van der Waals surface area (Å²) < 4.78 is 25.9. The molecule has 0 radical (unpaired) electrons. The van der Waals surface area contributed by atoms with Gasteiger partial charge in [0.1, 0.15) is 12.4 Å². The number of nitrogens with one attached hydrogen (secondary N) is 1. The molecule has 0 aliphatic carbocycles. The van der Waals surface area contributed by atoms with Crippen LogP contribution in [0.1, 0.15) is 38.3 Å². The fraction of sp³-hybridized carbons (Fsp3) is 0.400. The SMILES string of the molecule is CCC(C)(C)NCc1cc(OC)c(OCc2ccccc2F)cc1Br. The molecule has 0 amide bonds. The Bertz CT molecular complexity index is 719. The number of benzene rings is 2. The summed E-state index contributed by atoms with van der Waals surface area (Å²) in [6, 6.07) is 10.4. The van der Waals surface area contributed by atoms with Gasteiger partial charge in [0.15, 0.2) is 11.5 Å². The molecule has 0 heterocycles. The normalized spacial score (nSPS) is 11.4. The van der Waals surface area contributed by atoms with Crippen molar-refractivity contribution in [2.45, 2.75) is 45.9 Å². The first-order valence-corrected chi connectivity index (χ1v) is 9.13. The summed E-state index contributed by atoms with van der Waals surface area (Å²) in [6.07, 6.45) is 1.03. The smallest absolute Gasteiger partial charge is 0.162 e. The van der Waals surface area contributed by atoms with Gasteiger partial charge in [-0.1, -0.05) is 41.1 Å². The molecular formula is C20H25BrFNO2. The van der Waals surface area contributed by atoms with Crippen molar-refractivity contribution in [1.82, 2.24) is 5.32 Å². The van der Waals surface area contributed by atoms with E-state index in [4.69, 9.17) is 9.47 Å². The average molecular weight is 410 g/mol. The van der Waals surface area contributed by atoms with Crippen molar-refractivity contribution >= 4 is 15.9 Å². The van der Waals surface area contributed by atoms with Gasteiger partial charge in [-0.05, 0) is 44.0 Å². The number of hydrogen-bond donors (Lipinski definition) is 1. The van der Waals surface area contributed by atoms with E-state index in [1.54, 1.807) is 25.3 Å². The molecule has 0 aliphatic rings. The van der Waals surface area contributed by atoms with Crippen molar-refractivity contribution in [2.75, 3.05) is 7.11 Å². The van der Waals surface area contributed by atoms with Crippen molar-refractivity contribution in [1.29, 1.82) is 0 Å². The van der Waals surface area contributed by atoms with Gasteiger partial charge in [0.2, 0.25) is 0 Å². The summed E-state index contributed by atoms with van der Waals surface area (Å²) >= 11 is 3.59. The van der Waals surface area contributed by atoms with Crippen molar-refractivity contribution in [2.24, 2.45) is 0 Å². The Morgan fingerprint density at radius 3 is 2.48 bits per heavy atom. The Morgan fingerprint density at radius 1 is 1.12 bits per heavy atom. The molecule has 3 nitrogen and oxygen atoms in total. The third-order valence-corrected chi connectivity index (χ3v) is 5.05. The zero-order valence-corrected chi connectivity index (χ0v) is 16.7. The van der Waals surface area contributed by atoms with E-state index in [0.29, 0.717) is 23.6 Å². The van der Waals surface area contributed by atoms with Gasteiger partial charge in [-0.2, -0.15) is 0 Å². The molecule has 2 aromatic rings. The second-order valence-electron chi connectivity index (χ2n) is 6.57. The van der Waals surface area contributed by atoms with Crippen LogP contribution in [0.25, 0.3) is 0 Å². The van der Waals surface area contributed by atoms with Crippen molar-refractivity contribution in [3.63, 3.8) is 0 Å². The molecule has 2 rings (SSSR count). The Balaban J connectivity index is 2.14. The van der Waals surface area contributed by atoms with Crippen LogP contribution in [0.15, 0.2) is 40.9 Å². The van der Waals surface area contributed by atoms with Crippen LogP contribution in [0.3, 0.4) is 0 Å². The molecule has 2 aromatic carbocycles. The minimum Gasteiger partial charge on any atom is -0.493 e. The fourth-order valence-corrected chi connectivity index (χ4v) is 2.68. The summed E-state index contributed by atoms with van der Waals surface area (Å²) in [5.74, 6) is 0.935. The lowest BCUT2D eigenvalue weighted by atomic mass is 10.0. The molecule has 0 unspecified atom stereocenters. The molecule has 0 atom stereocenters. The molecule has 0 fully saturated rings. The summed E-state index contributed by atoms with van der Waals surface area (Å²) in [7, 11) is 1.60. The lowest BCUT2D eigenvalue weighted by Crippen LogP contribution is -2.37. The van der Waals surface area contributed by atoms with E-state index in [2.05, 4.69) is 42.0 Å². The van der Waals surface area contributed by atoms with Gasteiger partial charge in [0, 0.05) is 22.1 Å². The van der Waals surface area contributed by atoms with Crippen molar-refractivity contribution in [3.05, 3.63) is 57.8 Å². The Labute approximate surface area is 157 Å². The zero-order valence-electron chi connectivity index (χ0n) is 15.2. The maximum absolute atomic E-state index is 13.7. The van der Waals surface area contributed by atoms with E-state index < -0.39 is 0 Å². The van der Waals surface area contributed by atoms with E-state index in [0.717, 1.165) is 16.5 Å². The minimum atomic E-state index is -0.275. The number of rotatable bonds is 8. The number of ether oxygens (including phenoxy) is 2. The molecule has 1 N–H and O–H groups in total. The molecule has 5 heteroatoms. The first-order valence-electron chi connectivity index (χ1n) is 8.34. The van der Waals surface area contributed by atoms with Gasteiger partial charge < -0.3 is 14.8 Å². The number of methoxy groups -OCH3 is 1. The first kappa shape index (κ1) is 19.7. The quantitative estimate of drug-likeness (QED) is 0.628. The topological polar surface area (TPSA) is 30.5 Å². The molecular weight excluding hydrogens is 385 g/mol. The van der Waals surface area contributed by atoms with E-state index in [1.807, 2.05) is 12.1 Å². The van der Waals surface area contributed by atoms with Gasteiger partial charge in [-0.3, -0.25) is 0 Å². The second-order valence-corrected chi connectivity index (χ2v) is 7.42. The van der Waals surface area contributed by atoms with Gasteiger partial charge in [0.25, 0.3) is 0 Å². The predicted octanol–water partition coefficient (Wildman–Crippen LogP) is 5.45.